The molecule has 0 spiro atoms. The van der Waals surface area contributed by atoms with Crippen molar-refractivity contribution in [1.82, 2.24) is 10.2 Å². The Morgan fingerprint density at radius 2 is 1.90 bits per heavy atom. The molecule has 1 aliphatic rings. The highest BCUT2D eigenvalue weighted by molar-refractivity contribution is 6.07. The number of nitrogens with zero attached hydrogens (tertiary/aromatic N) is 2. The summed E-state index contributed by atoms with van der Waals surface area (Å²) in [6, 6.07) is 3.55. The molecule has 20 heavy (non-hydrogen) atoms. The van der Waals surface area contributed by atoms with E-state index >= 15 is 0 Å². The van der Waals surface area contributed by atoms with E-state index in [1.807, 2.05) is 5.32 Å². The lowest BCUT2D eigenvalue weighted by molar-refractivity contribution is -0.385. The summed E-state index contributed by atoms with van der Waals surface area (Å²) in [4.78, 5) is 45.8. The number of nitrogens with two attached hydrogens (primary N) is 1. The number of amides is 3. The lowest BCUT2D eigenvalue weighted by Crippen LogP contribution is -2.53. The third-order valence-corrected chi connectivity index (χ3v) is 2.68. The molecule has 1 fully saturated rings. The molecule has 2 rings (SSSR count). The average Bonchev–Trinajstić information content (AvgIpc) is 2.36. The van der Waals surface area contributed by atoms with Crippen LogP contribution in [-0.4, -0.2) is 40.6 Å². The normalized spacial score (nSPS) is 14.9. The van der Waals surface area contributed by atoms with E-state index in [1.54, 1.807) is 0 Å². The molecule has 9 nitrogen and oxygen atoms in total. The van der Waals surface area contributed by atoms with E-state index < -0.39 is 28.3 Å². The van der Waals surface area contributed by atoms with E-state index in [0.29, 0.717) is 0 Å². The van der Waals surface area contributed by atoms with Gasteiger partial charge in [-0.1, -0.05) is 0 Å². The number of anilines is 1. The summed E-state index contributed by atoms with van der Waals surface area (Å²) in [5.41, 5.74) is 5.00. The Kier molecular flexibility index (Phi) is 3.34. The van der Waals surface area contributed by atoms with Gasteiger partial charge >= 0.3 is 0 Å². The van der Waals surface area contributed by atoms with Crippen LogP contribution in [0.3, 0.4) is 0 Å². The molecule has 1 aliphatic heterocycles. The predicted molar refractivity (Wildman–Crippen MR) is 66.6 cm³/mol. The van der Waals surface area contributed by atoms with E-state index in [2.05, 4.69) is 0 Å². The van der Waals surface area contributed by atoms with Crippen molar-refractivity contribution in [3.05, 3.63) is 33.9 Å². The number of hydrogen-bond donors (Lipinski definition) is 2. The van der Waals surface area contributed by atoms with Crippen LogP contribution in [0, 0.1) is 10.1 Å². The average molecular weight is 278 g/mol. The number of nitrogens with one attached hydrogen (secondary N) is 1. The van der Waals surface area contributed by atoms with Crippen LogP contribution in [0.15, 0.2) is 18.2 Å². The number of rotatable bonds is 2. The molecular weight excluding hydrogens is 268 g/mol. The van der Waals surface area contributed by atoms with Crippen LogP contribution in [0.2, 0.25) is 0 Å². The minimum Gasteiger partial charge on any atom is -0.399 e. The zero-order valence-corrected chi connectivity index (χ0v) is 10.2. The predicted octanol–water partition coefficient (Wildman–Crippen LogP) is -0.724. The van der Waals surface area contributed by atoms with Gasteiger partial charge in [0.1, 0.15) is 18.7 Å². The van der Waals surface area contributed by atoms with Gasteiger partial charge in [-0.05, 0) is 12.1 Å². The number of nitrogen functional groups attached to an aromatic ring is 1. The number of imide groups is 1. The fraction of sp³-hybridized carbons (Fsp3) is 0.182. The van der Waals surface area contributed by atoms with Crippen LogP contribution in [0.5, 0.6) is 0 Å². The van der Waals surface area contributed by atoms with Crippen LogP contribution < -0.4 is 11.1 Å². The van der Waals surface area contributed by atoms with Crippen LogP contribution >= 0.6 is 0 Å². The molecule has 0 unspecified atom stereocenters. The SMILES string of the molecule is Nc1ccc([N+](=O)[O-])c(C(=O)N2CC(=O)NC(=O)C2)c1. The first-order valence-corrected chi connectivity index (χ1v) is 5.54. The quantitative estimate of drug-likeness (QED) is 0.317. The Labute approximate surface area is 112 Å². The van der Waals surface area contributed by atoms with E-state index in [1.165, 1.54) is 6.07 Å². The highest BCUT2D eigenvalue weighted by atomic mass is 16.6. The molecule has 1 heterocycles. The number of carbonyl (C=O) groups is 3. The highest BCUT2D eigenvalue weighted by Gasteiger charge is 2.31. The van der Waals surface area contributed by atoms with Gasteiger partial charge in [-0.25, -0.2) is 0 Å². The van der Waals surface area contributed by atoms with Crippen molar-refractivity contribution in [3.63, 3.8) is 0 Å². The summed E-state index contributed by atoms with van der Waals surface area (Å²) in [6.07, 6.45) is 0. The number of benzene rings is 1. The second-order valence-corrected chi connectivity index (χ2v) is 4.17. The minimum atomic E-state index is -0.785. The maximum atomic E-state index is 12.2. The van der Waals surface area contributed by atoms with Gasteiger partial charge in [0.25, 0.3) is 11.6 Å². The molecular formula is C11H10N4O5. The van der Waals surface area contributed by atoms with Crippen molar-refractivity contribution in [2.45, 2.75) is 0 Å². The third-order valence-electron chi connectivity index (χ3n) is 2.68. The van der Waals surface area contributed by atoms with Gasteiger partial charge in [-0.3, -0.25) is 29.8 Å². The second kappa shape index (κ2) is 4.96. The summed E-state index contributed by atoms with van der Waals surface area (Å²) in [5, 5.41) is 12.9. The maximum absolute atomic E-state index is 12.2. The van der Waals surface area contributed by atoms with Gasteiger partial charge in [0.15, 0.2) is 0 Å². The molecule has 3 N–H and O–H groups in total. The maximum Gasteiger partial charge on any atom is 0.282 e. The summed E-state index contributed by atoms with van der Waals surface area (Å²) in [6.45, 7) is -0.674. The van der Waals surface area contributed by atoms with Crippen molar-refractivity contribution < 1.29 is 19.3 Å². The van der Waals surface area contributed by atoms with Crippen molar-refractivity contribution in [2.24, 2.45) is 0 Å². The first-order valence-electron chi connectivity index (χ1n) is 5.54. The molecule has 1 aromatic carbocycles. The molecule has 0 bridgehead atoms. The monoisotopic (exact) mass is 278 g/mol. The molecule has 0 aliphatic carbocycles. The summed E-state index contributed by atoms with van der Waals surface area (Å²) < 4.78 is 0. The van der Waals surface area contributed by atoms with Gasteiger partial charge in [-0.2, -0.15) is 0 Å². The first-order chi connectivity index (χ1) is 9.38. The Morgan fingerprint density at radius 1 is 1.30 bits per heavy atom. The number of hydrogen-bond acceptors (Lipinski definition) is 6. The lowest BCUT2D eigenvalue weighted by Gasteiger charge is -2.25. The lowest BCUT2D eigenvalue weighted by atomic mass is 10.1. The molecule has 104 valence electrons. The third kappa shape index (κ3) is 2.55. The fourth-order valence-corrected chi connectivity index (χ4v) is 1.84. The number of piperazine rings is 1. The van der Waals surface area contributed by atoms with Crippen molar-refractivity contribution in [3.8, 4) is 0 Å². The zero-order chi connectivity index (χ0) is 14.9. The molecule has 0 radical (unpaired) electrons. The Bertz CT molecular complexity index is 611. The van der Waals surface area contributed by atoms with Crippen molar-refractivity contribution in [2.75, 3.05) is 18.8 Å². The van der Waals surface area contributed by atoms with E-state index in [0.717, 1.165) is 17.0 Å². The smallest absolute Gasteiger partial charge is 0.282 e. The Hall–Kier alpha value is -2.97. The van der Waals surface area contributed by atoms with Gasteiger partial charge in [0, 0.05) is 11.8 Å². The first kappa shape index (κ1) is 13.5. The summed E-state index contributed by atoms with van der Waals surface area (Å²) in [5.74, 6) is -2.06. The van der Waals surface area contributed by atoms with Gasteiger partial charge in [-0.15, -0.1) is 0 Å². The summed E-state index contributed by atoms with van der Waals surface area (Å²) in [7, 11) is 0. The van der Waals surface area contributed by atoms with Crippen molar-refractivity contribution in [1.29, 1.82) is 0 Å². The molecule has 1 aromatic rings. The fourth-order valence-electron chi connectivity index (χ4n) is 1.84. The van der Waals surface area contributed by atoms with E-state index in [9.17, 15) is 24.5 Å². The van der Waals surface area contributed by atoms with Gasteiger partial charge in [0.05, 0.1) is 4.92 Å². The Morgan fingerprint density at radius 3 is 2.45 bits per heavy atom. The second-order valence-electron chi connectivity index (χ2n) is 4.17. The molecule has 9 heteroatoms. The summed E-state index contributed by atoms with van der Waals surface area (Å²) >= 11 is 0. The van der Waals surface area contributed by atoms with Gasteiger partial charge in [0.2, 0.25) is 11.8 Å². The molecule has 0 aromatic heterocycles. The molecule has 3 amide bonds. The van der Waals surface area contributed by atoms with E-state index in [-0.39, 0.29) is 24.3 Å². The number of carbonyl (C=O) groups excluding carboxylic acids is 3. The van der Waals surface area contributed by atoms with Crippen LogP contribution in [-0.2, 0) is 9.59 Å². The highest BCUT2D eigenvalue weighted by Crippen LogP contribution is 2.23. The largest absolute Gasteiger partial charge is 0.399 e. The zero-order valence-electron chi connectivity index (χ0n) is 10.2. The van der Waals surface area contributed by atoms with Crippen LogP contribution in [0.1, 0.15) is 10.4 Å². The number of nitro benzene ring substituents is 1. The Balaban J connectivity index is 2.37. The standard InChI is InChI=1S/C11H10N4O5/c12-6-1-2-8(15(19)20)7(3-6)11(18)14-4-9(16)13-10(17)5-14/h1-3H,4-5,12H2,(H,13,16,17). The van der Waals surface area contributed by atoms with Crippen LogP contribution in [0.25, 0.3) is 0 Å². The topological polar surface area (TPSA) is 136 Å². The van der Waals surface area contributed by atoms with Crippen LogP contribution in [0.4, 0.5) is 11.4 Å². The molecule has 1 saturated heterocycles. The van der Waals surface area contributed by atoms with E-state index in [4.69, 9.17) is 5.73 Å². The molecule has 0 saturated carbocycles. The van der Waals surface area contributed by atoms with Gasteiger partial charge < -0.3 is 10.6 Å². The minimum absolute atomic E-state index is 0.173. The van der Waals surface area contributed by atoms with Crippen molar-refractivity contribution >= 4 is 29.1 Å². The molecule has 0 atom stereocenters. The number of nitro groups is 1.